The van der Waals surface area contributed by atoms with E-state index in [-0.39, 0.29) is 0 Å². The molecule has 0 spiro atoms. The van der Waals surface area contributed by atoms with Crippen molar-refractivity contribution in [3.8, 4) is 22.2 Å². The van der Waals surface area contributed by atoms with E-state index in [0.717, 1.165) is 22.2 Å². The summed E-state index contributed by atoms with van der Waals surface area (Å²) in [5.74, 6) is 1.46. The minimum absolute atomic E-state index is 0.687. The van der Waals surface area contributed by atoms with E-state index in [9.17, 15) is 0 Å². The summed E-state index contributed by atoms with van der Waals surface area (Å²) in [6.45, 7) is 1.88. The number of nitrogens with zero attached hydrogens (tertiary/aromatic N) is 2. The smallest absolute Gasteiger partial charge is 0.186 e. The maximum Gasteiger partial charge on any atom is 0.186 e. The molecule has 3 aromatic heterocycles. The van der Waals surface area contributed by atoms with Gasteiger partial charge in [0.25, 0.3) is 0 Å². The van der Waals surface area contributed by atoms with Crippen molar-refractivity contribution in [1.29, 1.82) is 0 Å². The predicted molar refractivity (Wildman–Crippen MR) is 60.1 cm³/mol. The molecule has 0 saturated carbocycles. The van der Waals surface area contributed by atoms with E-state index in [1.54, 1.807) is 6.26 Å². The average molecular weight is 232 g/mol. The van der Waals surface area contributed by atoms with E-state index >= 15 is 0 Å². The molecule has 0 radical (unpaired) electrons. The minimum atomic E-state index is 0.687. The van der Waals surface area contributed by atoms with Gasteiger partial charge in [0.2, 0.25) is 0 Å². The largest absolute Gasteiger partial charge is 0.462 e. The van der Waals surface area contributed by atoms with Crippen molar-refractivity contribution in [3.63, 3.8) is 0 Å². The maximum atomic E-state index is 5.28. The van der Waals surface area contributed by atoms with Crippen molar-refractivity contribution in [2.75, 3.05) is 0 Å². The molecule has 0 aromatic carbocycles. The number of hydrogen-bond donors (Lipinski definition) is 0. The van der Waals surface area contributed by atoms with Crippen LogP contribution >= 0.6 is 11.3 Å². The number of hydrogen-bond acceptors (Lipinski definition) is 5. The topological polar surface area (TPSA) is 52.1 Å². The first kappa shape index (κ1) is 9.35. The molecule has 0 fully saturated rings. The molecule has 0 atom stereocenters. The molecule has 0 aliphatic rings. The van der Waals surface area contributed by atoms with Crippen LogP contribution in [0.3, 0.4) is 0 Å². The van der Waals surface area contributed by atoms with Crippen LogP contribution in [0.4, 0.5) is 0 Å². The zero-order valence-electron chi connectivity index (χ0n) is 8.51. The normalized spacial score (nSPS) is 10.8. The Kier molecular flexibility index (Phi) is 2.11. The van der Waals surface area contributed by atoms with E-state index in [4.69, 9.17) is 8.94 Å². The number of aryl methyl sites for hydroxylation is 1. The van der Waals surface area contributed by atoms with Crippen molar-refractivity contribution in [1.82, 2.24) is 10.1 Å². The van der Waals surface area contributed by atoms with Crippen LogP contribution in [0.1, 0.15) is 5.69 Å². The molecular formula is C11H8N2O2S. The second kappa shape index (κ2) is 3.61. The van der Waals surface area contributed by atoms with E-state index in [1.807, 2.05) is 30.5 Å². The summed E-state index contributed by atoms with van der Waals surface area (Å²) in [5.41, 5.74) is 1.64. The molecule has 0 aliphatic heterocycles. The minimum Gasteiger partial charge on any atom is -0.462 e. The highest BCUT2D eigenvalue weighted by atomic mass is 32.1. The summed E-state index contributed by atoms with van der Waals surface area (Å²) < 4.78 is 10.4. The molecule has 0 bridgehead atoms. The van der Waals surface area contributed by atoms with Crippen molar-refractivity contribution in [3.05, 3.63) is 35.5 Å². The van der Waals surface area contributed by atoms with Crippen LogP contribution in [0.5, 0.6) is 0 Å². The first-order valence-corrected chi connectivity index (χ1v) is 5.64. The highest BCUT2D eigenvalue weighted by Crippen LogP contribution is 2.29. The Hall–Kier alpha value is -1.88. The third-order valence-corrected chi connectivity index (χ3v) is 2.97. The summed E-state index contributed by atoms with van der Waals surface area (Å²) in [4.78, 5) is 4.43. The lowest BCUT2D eigenvalue weighted by Gasteiger charge is -1.87. The van der Waals surface area contributed by atoms with Gasteiger partial charge in [-0.2, -0.15) is 0 Å². The summed E-state index contributed by atoms with van der Waals surface area (Å²) in [5, 5.41) is 6.60. The third-order valence-electron chi connectivity index (χ3n) is 2.12. The molecule has 16 heavy (non-hydrogen) atoms. The molecule has 0 saturated heterocycles. The summed E-state index contributed by atoms with van der Waals surface area (Å²) >= 11 is 1.52. The summed E-state index contributed by atoms with van der Waals surface area (Å²) in [7, 11) is 0. The lowest BCUT2D eigenvalue weighted by atomic mass is 10.3. The molecule has 5 heteroatoms. The van der Waals surface area contributed by atoms with Crippen LogP contribution in [-0.2, 0) is 0 Å². The van der Waals surface area contributed by atoms with Crippen LogP contribution in [0.25, 0.3) is 22.2 Å². The zero-order chi connectivity index (χ0) is 11.0. The number of rotatable bonds is 2. The average Bonchev–Trinajstić information content (AvgIpc) is 2.97. The first-order valence-electron chi connectivity index (χ1n) is 4.76. The highest BCUT2D eigenvalue weighted by molar-refractivity contribution is 7.13. The Morgan fingerprint density at radius 1 is 1.31 bits per heavy atom. The van der Waals surface area contributed by atoms with E-state index < -0.39 is 0 Å². The zero-order valence-corrected chi connectivity index (χ0v) is 9.32. The van der Waals surface area contributed by atoms with Gasteiger partial charge in [-0.3, -0.25) is 0 Å². The third kappa shape index (κ3) is 1.55. The van der Waals surface area contributed by atoms with Crippen molar-refractivity contribution < 1.29 is 8.94 Å². The maximum absolute atomic E-state index is 5.28. The van der Waals surface area contributed by atoms with Crippen molar-refractivity contribution >= 4 is 11.3 Å². The van der Waals surface area contributed by atoms with Crippen molar-refractivity contribution in [2.45, 2.75) is 6.92 Å². The lowest BCUT2D eigenvalue weighted by molar-refractivity contribution is 0.426. The Balaban J connectivity index is 2.00. The van der Waals surface area contributed by atoms with Gasteiger partial charge in [0.1, 0.15) is 5.69 Å². The van der Waals surface area contributed by atoms with Crippen molar-refractivity contribution in [2.24, 2.45) is 0 Å². The number of thiazole rings is 1. The van der Waals surface area contributed by atoms with Gasteiger partial charge in [0.15, 0.2) is 16.5 Å². The van der Waals surface area contributed by atoms with Crippen LogP contribution in [0.15, 0.2) is 38.8 Å². The van der Waals surface area contributed by atoms with Crippen LogP contribution < -0.4 is 0 Å². The van der Waals surface area contributed by atoms with Gasteiger partial charge in [-0.1, -0.05) is 5.16 Å². The second-order valence-corrected chi connectivity index (χ2v) is 4.21. The second-order valence-electron chi connectivity index (χ2n) is 3.35. The Bertz CT molecular complexity index is 595. The molecule has 80 valence electrons. The fourth-order valence-corrected chi connectivity index (χ4v) is 2.16. The van der Waals surface area contributed by atoms with Crippen LogP contribution in [-0.4, -0.2) is 10.1 Å². The molecule has 0 unspecified atom stereocenters. The molecule has 3 rings (SSSR count). The van der Waals surface area contributed by atoms with Gasteiger partial charge in [-0.05, 0) is 19.1 Å². The Labute approximate surface area is 95.5 Å². The van der Waals surface area contributed by atoms with Crippen LogP contribution in [0.2, 0.25) is 0 Å². The van der Waals surface area contributed by atoms with E-state index in [2.05, 4.69) is 10.1 Å². The molecular weight excluding hydrogens is 224 g/mol. The van der Waals surface area contributed by atoms with Gasteiger partial charge >= 0.3 is 0 Å². The van der Waals surface area contributed by atoms with Gasteiger partial charge in [0, 0.05) is 11.4 Å². The molecule has 4 nitrogen and oxygen atoms in total. The molecule has 3 aromatic rings. The quantitative estimate of drug-likeness (QED) is 0.679. The first-order chi connectivity index (χ1) is 7.83. The fraction of sp³-hybridized carbons (Fsp3) is 0.0909. The molecule has 0 amide bonds. The van der Waals surface area contributed by atoms with Gasteiger partial charge in [0.05, 0.1) is 12.0 Å². The molecule has 3 heterocycles. The van der Waals surface area contributed by atoms with Gasteiger partial charge in [-0.15, -0.1) is 11.3 Å². The SMILES string of the molecule is Cc1cc(-c2csc(-c3ccco3)n2)on1. The summed E-state index contributed by atoms with van der Waals surface area (Å²) in [6, 6.07) is 5.59. The fourth-order valence-electron chi connectivity index (χ4n) is 1.38. The van der Waals surface area contributed by atoms with Crippen LogP contribution in [0, 0.1) is 6.92 Å². The van der Waals surface area contributed by atoms with E-state index in [0.29, 0.717) is 5.76 Å². The number of aromatic nitrogens is 2. The highest BCUT2D eigenvalue weighted by Gasteiger charge is 2.11. The van der Waals surface area contributed by atoms with Gasteiger partial charge < -0.3 is 8.94 Å². The monoisotopic (exact) mass is 232 g/mol. The predicted octanol–water partition coefficient (Wildman–Crippen LogP) is 3.37. The number of furan rings is 1. The van der Waals surface area contributed by atoms with E-state index in [1.165, 1.54) is 11.3 Å². The molecule has 0 aliphatic carbocycles. The lowest BCUT2D eigenvalue weighted by Crippen LogP contribution is -1.74. The Morgan fingerprint density at radius 2 is 2.25 bits per heavy atom. The Morgan fingerprint density at radius 3 is 2.94 bits per heavy atom. The molecule has 0 N–H and O–H groups in total. The summed E-state index contributed by atoms with van der Waals surface area (Å²) in [6.07, 6.45) is 1.63. The standard InChI is InChI=1S/C11H8N2O2S/c1-7-5-10(15-13-7)8-6-16-11(12-8)9-3-2-4-14-9/h2-6H,1H3. The van der Waals surface area contributed by atoms with Gasteiger partial charge in [-0.25, -0.2) is 4.98 Å².